The van der Waals surface area contributed by atoms with E-state index in [9.17, 15) is 0 Å². The molecule has 0 aliphatic carbocycles. The highest BCUT2D eigenvalue weighted by Crippen LogP contribution is 2.30. The number of para-hydroxylation sites is 1. The van der Waals surface area contributed by atoms with Crippen LogP contribution in [0.1, 0.15) is 17.9 Å². The van der Waals surface area contributed by atoms with Crippen molar-refractivity contribution < 1.29 is 4.74 Å². The summed E-state index contributed by atoms with van der Waals surface area (Å²) < 4.78 is 7.01. The molecule has 0 radical (unpaired) electrons. The lowest BCUT2D eigenvalue weighted by Gasteiger charge is -2.21. The third kappa shape index (κ3) is 3.31. The highest BCUT2D eigenvalue weighted by Gasteiger charge is 2.19. The number of benzene rings is 1. The van der Waals surface area contributed by atoms with E-state index in [4.69, 9.17) is 10.5 Å². The number of hydrogen-bond donors (Lipinski definition) is 1. The first-order valence-electron chi connectivity index (χ1n) is 5.38. The number of thiophene rings is 1. The van der Waals surface area contributed by atoms with Crippen LogP contribution in [-0.4, -0.2) is 6.04 Å². The van der Waals surface area contributed by atoms with Crippen molar-refractivity contribution in [2.45, 2.75) is 19.1 Å². The highest BCUT2D eigenvalue weighted by molar-refractivity contribution is 9.10. The minimum atomic E-state index is -0.103. The summed E-state index contributed by atoms with van der Waals surface area (Å²) in [6.45, 7) is 1.96. The zero-order chi connectivity index (χ0) is 12.3. The monoisotopic (exact) mass is 311 g/mol. The summed E-state index contributed by atoms with van der Waals surface area (Å²) in [6.07, 6.45) is -0.103. The Labute approximate surface area is 114 Å². The van der Waals surface area contributed by atoms with Gasteiger partial charge in [-0.15, -0.1) is 11.3 Å². The Hall–Kier alpha value is -0.840. The van der Waals surface area contributed by atoms with Gasteiger partial charge in [0.2, 0.25) is 0 Å². The maximum atomic E-state index is 5.99. The van der Waals surface area contributed by atoms with Crippen LogP contribution in [-0.2, 0) is 0 Å². The van der Waals surface area contributed by atoms with Gasteiger partial charge >= 0.3 is 0 Å². The molecule has 90 valence electrons. The number of nitrogens with two attached hydrogens (primary N) is 1. The van der Waals surface area contributed by atoms with Crippen LogP contribution in [0.4, 0.5) is 0 Å². The number of ether oxygens (including phenoxy) is 1. The normalized spacial score (nSPS) is 14.3. The summed E-state index contributed by atoms with van der Waals surface area (Å²) in [6, 6.07) is 11.8. The van der Waals surface area contributed by atoms with Crippen LogP contribution in [0.25, 0.3) is 0 Å². The lowest BCUT2D eigenvalue weighted by atomic mass is 10.1. The molecule has 1 heterocycles. The van der Waals surface area contributed by atoms with Gasteiger partial charge in [-0.1, -0.05) is 18.2 Å². The van der Waals surface area contributed by atoms with Crippen LogP contribution in [0.2, 0.25) is 0 Å². The van der Waals surface area contributed by atoms with Crippen molar-refractivity contribution in [1.82, 2.24) is 0 Å². The van der Waals surface area contributed by atoms with E-state index in [1.54, 1.807) is 11.3 Å². The van der Waals surface area contributed by atoms with Crippen molar-refractivity contribution in [2.75, 3.05) is 0 Å². The minimum Gasteiger partial charge on any atom is -0.483 e. The Morgan fingerprint density at radius 2 is 2.00 bits per heavy atom. The van der Waals surface area contributed by atoms with Crippen LogP contribution in [0.15, 0.2) is 46.3 Å². The molecule has 0 saturated heterocycles. The van der Waals surface area contributed by atoms with Gasteiger partial charge < -0.3 is 10.5 Å². The molecule has 0 aliphatic heterocycles. The molecule has 1 aromatic carbocycles. The van der Waals surface area contributed by atoms with Gasteiger partial charge in [0.05, 0.1) is 0 Å². The SMILES string of the molecule is CC(N)C(Oc1ccccc1)c1cc(Br)cs1. The van der Waals surface area contributed by atoms with Crippen LogP contribution >= 0.6 is 27.3 Å². The quantitative estimate of drug-likeness (QED) is 0.927. The van der Waals surface area contributed by atoms with Crippen LogP contribution < -0.4 is 10.5 Å². The molecule has 17 heavy (non-hydrogen) atoms. The van der Waals surface area contributed by atoms with E-state index < -0.39 is 0 Å². The van der Waals surface area contributed by atoms with Crippen LogP contribution in [0.3, 0.4) is 0 Å². The van der Waals surface area contributed by atoms with E-state index in [0.717, 1.165) is 15.1 Å². The maximum absolute atomic E-state index is 5.99. The summed E-state index contributed by atoms with van der Waals surface area (Å²) in [5.41, 5.74) is 5.99. The first-order chi connectivity index (χ1) is 8.16. The second-order valence-electron chi connectivity index (χ2n) is 3.88. The van der Waals surface area contributed by atoms with E-state index in [-0.39, 0.29) is 12.1 Å². The molecule has 0 amide bonds. The molecular formula is C13H14BrNOS. The third-order valence-corrected chi connectivity index (χ3v) is 4.11. The molecule has 4 heteroatoms. The predicted octanol–water partition coefficient (Wildman–Crippen LogP) is 3.98. The van der Waals surface area contributed by atoms with Gasteiger partial charge in [-0.05, 0) is 41.1 Å². The average molecular weight is 312 g/mol. The Kier molecular flexibility index (Phi) is 4.20. The zero-order valence-corrected chi connectivity index (χ0v) is 11.9. The average Bonchev–Trinajstić information content (AvgIpc) is 2.73. The summed E-state index contributed by atoms with van der Waals surface area (Å²) >= 11 is 5.10. The van der Waals surface area contributed by atoms with Gasteiger partial charge in [0, 0.05) is 20.8 Å². The van der Waals surface area contributed by atoms with Gasteiger partial charge in [0.1, 0.15) is 11.9 Å². The second kappa shape index (κ2) is 5.67. The van der Waals surface area contributed by atoms with E-state index in [2.05, 4.69) is 22.0 Å². The number of halogens is 1. The summed E-state index contributed by atoms with van der Waals surface area (Å²) in [5, 5.41) is 2.04. The fourth-order valence-corrected chi connectivity index (χ4v) is 3.13. The standard InChI is InChI=1S/C13H14BrNOS/c1-9(15)13(12-7-10(14)8-17-12)16-11-5-3-2-4-6-11/h2-9,13H,15H2,1H3. The summed E-state index contributed by atoms with van der Waals surface area (Å²) in [5.74, 6) is 0.847. The molecule has 1 aromatic heterocycles. The molecule has 2 aromatic rings. The van der Waals surface area contributed by atoms with E-state index >= 15 is 0 Å². The molecular weight excluding hydrogens is 298 g/mol. The van der Waals surface area contributed by atoms with Gasteiger partial charge in [-0.3, -0.25) is 0 Å². The van der Waals surface area contributed by atoms with Gasteiger partial charge in [0.25, 0.3) is 0 Å². The molecule has 0 spiro atoms. The van der Waals surface area contributed by atoms with Crippen molar-refractivity contribution in [1.29, 1.82) is 0 Å². The highest BCUT2D eigenvalue weighted by atomic mass is 79.9. The molecule has 2 unspecified atom stereocenters. The summed E-state index contributed by atoms with van der Waals surface area (Å²) in [4.78, 5) is 1.13. The van der Waals surface area contributed by atoms with Gasteiger partial charge in [-0.25, -0.2) is 0 Å². The number of hydrogen-bond acceptors (Lipinski definition) is 3. The molecule has 0 fully saturated rings. The molecule has 0 saturated carbocycles. The first kappa shape index (κ1) is 12.6. The second-order valence-corrected chi connectivity index (χ2v) is 5.74. The lowest BCUT2D eigenvalue weighted by Crippen LogP contribution is -2.28. The topological polar surface area (TPSA) is 35.2 Å². The van der Waals surface area contributed by atoms with Crippen molar-refractivity contribution in [2.24, 2.45) is 5.73 Å². The maximum Gasteiger partial charge on any atom is 0.148 e. The number of rotatable bonds is 4. The molecule has 2 atom stereocenters. The third-order valence-electron chi connectivity index (χ3n) is 2.35. The first-order valence-corrected chi connectivity index (χ1v) is 7.05. The minimum absolute atomic E-state index is 0.0549. The smallest absolute Gasteiger partial charge is 0.148 e. The molecule has 0 aliphatic rings. The zero-order valence-electron chi connectivity index (χ0n) is 9.47. The van der Waals surface area contributed by atoms with Crippen molar-refractivity contribution in [3.8, 4) is 5.75 Å². The fraction of sp³-hybridized carbons (Fsp3) is 0.231. The van der Waals surface area contributed by atoms with Crippen LogP contribution in [0.5, 0.6) is 5.75 Å². The predicted molar refractivity (Wildman–Crippen MR) is 75.5 cm³/mol. The van der Waals surface area contributed by atoms with E-state index in [0.29, 0.717) is 0 Å². The molecule has 0 bridgehead atoms. The largest absolute Gasteiger partial charge is 0.483 e. The Morgan fingerprint density at radius 3 is 2.53 bits per heavy atom. The lowest BCUT2D eigenvalue weighted by molar-refractivity contribution is 0.184. The van der Waals surface area contributed by atoms with Crippen molar-refractivity contribution in [3.05, 3.63) is 51.1 Å². The van der Waals surface area contributed by atoms with E-state index in [1.165, 1.54) is 0 Å². The Morgan fingerprint density at radius 1 is 1.29 bits per heavy atom. The van der Waals surface area contributed by atoms with Crippen molar-refractivity contribution >= 4 is 27.3 Å². The molecule has 2 rings (SSSR count). The van der Waals surface area contributed by atoms with Gasteiger partial charge in [0.15, 0.2) is 0 Å². The molecule has 2 N–H and O–H groups in total. The van der Waals surface area contributed by atoms with Crippen molar-refractivity contribution in [3.63, 3.8) is 0 Å². The van der Waals surface area contributed by atoms with E-state index in [1.807, 2.05) is 42.6 Å². The Bertz CT molecular complexity index is 469. The summed E-state index contributed by atoms with van der Waals surface area (Å²) in [7, 11) is 0. The molecule has 2 nitrogen and oxygen atoms in total. The van der Waals surface area contributed by atoms with Gasteiger partial charge in [-0.2, -0.15) is 0 Å². The Balaban J connectivity index is 2.19. The van der Waals surface area contributed by atoms with Crippen LogP contribution in [0, 0.1) is 0 Å². The fourth-order valence-electron chi connectivity index (χ4n) is 1.55.